The van der Waals surface area contributed by atoms with E-state index in [1.807, 2.05) is 91.9 Å². The van der Waals surface area contributed by atoms with Crippen LogP contribution in [0.15, 0.2) is 225 Å². The number of fused-ring (bicyclic) bond motifs is 11. The molecule has 0 spiro atoms. The summed E-state index contributed by atoms with van der Waals surface area (Å²) in [6, 6.07) is 66.2. The third-order valence-electron chi connectivity index (χ3n) is 11.8. The Labute approximate surface area is 363 Å². The number of rotatable bonds is 8. The second kappa shape index (κ2) is 15.9. The lowest BCUT2D eigenvalue weighted by Gasteiger charge is -2.19. The summed E-state index contributed by atoms with van der Waals surface area (Å²) in [7, 11) is 0. The van der Waals surface area contributed by atoms with Crippen molar-refractivity contribution in [3.63, 3.8) is 0 Å². The highest BCUT2D eigenvalue weighted by atomic mass is 16.3. The van der Waals surface area contributed by atoms with E-state index in [4.69, 9.17) is 18.8 Å². The van der Waals surface area contributed by atoms with Crippen molar-refractivity contribution in [2.45, 2.75) is 13.3 Å². The van der Waals surface area contributed by atoms with Crippen molar-refractivity contribution in [2.75, 3.05) is 0 Å². The summed E-state index contributed by atoms with van der Waals surface area (Å²) < 4.78 is 15.8. The number of hydrogen-bond donors (Lipinski definition) is 1. The smallest absolute Gasteiger partial charge is 0.161 e. The Morgan fingerprint density at radius 3 is 1.89 bits per heavy atom. The quantitative estimate of drug-likeness (QED) is 0.0942. The number of hydrogen-bond acceptors (Lipinski definition) is 3. The maximum Gasteiger partial charge on any atom is 0.161 e. The van der Waals surface area contributed by atoms with Gasteiger partial charge in [0.1, 0.15) is 28.2 Å². The molecule has 6 heteroatoms. The highest BCUT2D eigenvalue weighted by Crippen LogP contribution is 2.45. The van der Waals surface area contributed by atoms with Crippen LogP contribution in [0.5, 0.6) is 0 Å². The topological polar surface area (TPSA) is 79.8 Å². The van der Waals surface area contributed by atoms with Crippen LogP contribution in [0.2, 0.25) is 0 Å². The number of amidine groups is 2. The van der Waals surface area contributed by atoms with Crippen molar-refractivity contribution in [3.8, 4) is 0 Å². The molecule has 0 amide bonds. The van der Waals surface area contributed by atoms with Gasteiger partial charge in [-0.2, -0.15) is 0 Å². The van der Waals surface area contributed by atoms with E-state index >= 15 is 0 Å². The lowest BCUT2D eigenvalue weighted by molar-refractivity contribution is 0.664. The standard InChI is InChI=1S/C57H40N4O2/c1-37(56(58)60-57(41-24-12-5-13-25-41)59-36-39-20-8-3-9-21-39)34-46(40-22-10-4-11-23-40)49(35-38-18-6-2-7-19-38)61-47-28-16-14-26-44(47)52-48(61)32-30-42-43-31-33-51-53(55(43)63-54(42)52)45-27-15-17-29-50(45)62-51/h2-34,36,58H,35H2,1H3/b37-34+,49-46-,58-56?,59-36?,60-57?. The molecule has 0 aliphatic carbocycles. The van der Waals surface area contributed by atoms with E-state index in [1.54, 1.807) is 6.21 Å². The van der Waals surface area contributed by atoms with Crippen LogP contribution in [0, 0.1) is 5.41 Å². The van der Waals surface area contributed by atoms with Crippen molar-refractivity contribution in [2.24, 2.45) is 9.98 Å². The zero-order valence-corrected chi connectivity index (χ0v) is 34.5. The lowest BCUT2D eigenvalue weighted by Crippen LogP contribution is -2.07. The van der Waals surface area contributed by atoms with Crippen LogP contribution in [0.25, 0.3) is 77.0 Å². The average Bonchev–Trinajstić information content (AvgIpc) is 4.02. The molecule has 0 saturated carbocycles. The second-order valence-electron chi connectivity index (χ2n) is 15.7. The Hall–Kier alpha value is -8.35. The van der Waals surface area contributed by atoms with Crippen LogP contribution in [0.4, 0.5) is 0 Å². The van der Waals surface area contributed by atoms with Gasteiger partial charge in [0.25, 0.3) is 0 Å². The van der Waals surface area contributed by atoms with E-state index < -0.39 is 0 Å². The summed E-state index contributed by atoms with van der Waals surface area (Å²) >= 11 is 0. The van der Waals surface area contributed by atoms with Gasteiger partial charge in [-0.25, -0.2) is 9.98 Å². The molecule has 0 fully saturated rings. The number of furan rings is 2. The van der Waals surface area contributed by atoms with E-state index in [2.05, 4.69) is 120 Å². The van der Waals surface area contributed by atoms with Crippen molar-refractivity contribution >= 4 is 94.8 Å². The van der Waals surface area contributed by atoms with Crippen molar-refractivity contribution < 1.29 is 8.83 Å². The monoisotopic (exact) mass is 812 g/mol. The maximum atomic E-state index is 9.47. The van der Waals surface area contributed by atoms with Crippen molar-refractivity contribution in [1.29, 1.82) is 5.41 Å². The maximum absolute atomic E-state index is 9.47. The molecule has 3 aromatic heterocycles. The Balaban J connectivity index is 1.16. The summed E-state index contributed by atoms with van der Waals surface area (Å²) in [6.45, 7) is 1.96. The van der Waals surface area contributed by atoms with E-state index in [0.29, 0.717) is 17.8 Å². The second-order valence-corrected chi connectivity index (χ2v) is 15.7. The number of aromatic nitrogens is 1. The van der Waals surface area contributed by atoms with E-state index in [-0.39, 0.29) is 5.84 Å². The Bertz CT molecular complexity index is 3650. The van der Waals surface area contributed by atoms with Crippen LogP contribution < -0.4 is 0 Å². The molecule has 0 bridgehead atoms. The zero-order valence-electron chi connectivity index (χ0n) is 34.5. The molecule has 1 N–H and O–H groups in total. The third kappa shape index (κ3) is 6.84. The third-order valence-corrected chi connectivity index (χ3v) is 11.8. The first-order valence-corrected chi connectivity index (χ1v) is 21.1. The largest absolute Gasteiger partial charge is 0.456 e. The van der Waals surface area contributed by atoms with E-state index in [9.17, 15) is 5.41 Å². The van der Waals surface area contributed by atoms with Gasteiger partial charge in [0, 0.05) is 51.0 Å². The first-order valence-electron chi connectivity index (χ1n) is 21.1. The number of allylic oxidation sites excluding steroid dienone is 3. The zero-order chi connectivity index (χ0) is 42.3. The molecule has 11 aromatic rings. The summed E-state index contributed by atoms with van der Waals surface area (Å²) in [5, 5.41) is 15.7. The molecular weight excluding hydrogens is 773 g/mol. The van der Waals surface area contributed by atoms with Gasteiger partial charge in [-0.05, 0) is 71.7 Å². The molecule has 0 aliphatic rings. The van der Waals surface area contributed by atoms with Crippen LogP contribution in [0.1, 0.15) is 29.2 Å². The normalized spacial score (nSPS) is 13.0. The minimum atomic E-state index is 0.121. The first kappa shape index (κ1) is 37.6. The number of para-hydroxylation sites is 2. The number of aliphatic imine (C=N–C) groups is 2. The highest BCUT2D eigenvalue weighted by Gasteiger charge is 2.24. The molecule has 11 rings (SSSR count). The van der Waals surface area contributed by atoms with Gasteiger partial charge in [-0.3, -0.25) is 5.41 Å². The molecule has 0 saturated heterocycles. The first-order chi connectivity index (χ1) is 31.1. The molecule has 3 heterocycles. The van der Waals surface area contributed by atoms with Crippen LogP contribution in [-0.2, 0) is 6.42 Å². The number of nitrogens with zero attached hydrogens (tertiary/aromatic N) is 3. The molecular formula is C57H40N4O2. The van der Waals surface area contributed by atoms with Gasteiger partial charge in [-0.1, -0.05) is 158 Å². The Morgan fingerprint density at radius 2 is 1.14 bits per heavy atom. The van der Waals surface area contributed by atoms with E-state index in [1.165, 1.54) is 0 Å². The lowest BCUT2D eigenvalue weighted by atomic mass is 9.96. The predicted molar refractivity (Wildman–Crippen MR) is 262 cm³/mol. The van der Waals surface area contributed by atoms with Gasteiger partial charge < -0.3 is 13.4 Å². The molecule has 0 aliphatic heterocycles. The van der Waals surface area contributed by atoms with Gasteiger partial charge in [0.05, 0.1) is 21.8 Å². The molecule has 6 nitrogen and oxygen atoms in total. The summed E-state index contributed by atoms with van der Waals surface area (Å²) in [4.78, 5) is 9.71. The van der Waals surface area contributed by atoms with Gasteiger partial charge in [0.2, 0.25) is 0 Å². The molecule has 8 aromatic carbocycles. The number of nitrogens with one attached hydrogen (secondary N) is 1. The fourth-order valence-corrected chi connectivity index (χ4v) is 8.79. The molecule has 0 unspecified atom stereocenters. The average molecular weight is 813 g/mol. The van der Waals surface area contributed by atoms with Crippen LogP contribution >= 0.6 is 0 Å². The van der Waals surface area contributed by atoms with Gasteiger partial charge >= 0.3 is 0 Å². The Morgan fingerprint density at radius 1 is 0.540 bits per heavy atom. The van der Waals surface area contributed by atoms with E-state index in [0.717, 1.165) is 99.2 Å². The van der Waals surface area contributed by atoms with Crippen LogP contribution in [0.3, 0.4) is 0 Å². The minimum absolute atomic E-state index is 0.121. The predicted octanol–water partition coefficient (Wildman–Crippen LogP) is 14.7. The minimum Gasteiger partial charge on any atom is -0.456 e. The molecule has 300 valence electrons. The fourth-order valence-electron chi connectivity index (χ4n) is 8.79. The molecule has 63 heavy (non-hydrogen) atoms. The summed E-state index contributed by atoms with van der Waals surface area (Å²) in [5.74, 6) is 0.584. The van der Waals surface area contributed by atoms with Crippen molar-refractivity contribution in [1.82, 2.24) is 4.57 Å². The summed E-state index contributed by atoms with van der Waals surface area (Å²) in [6.07, 6.45) is 4.52. The SMILES string of the molecule is C/C(=C\C(=C(/Cc1ccccc1)n1c2ccccc2c2c3oc4c(ccc5oc6ccccc6c54)c3ccc21)c1ccccc1)C(=N)N=C(N=Cc1ccccc1)c1ccccc1. The van der Waals surface area contributed by atoms with Gasteiger partial charge in [0.15, 0.2) is 5.84 Å². The molecule has 0 radical (unpaired) electrons. The molecule has 0 atom stereocenters. The summed E-state index contributed by atoms with van der Waals surface area (Å²) in [5.41, 5.74) is 12.1. The highest BCUT2D eigenvalue weighted by molar-refractivity contribution is 6.28. The van der Waals surface area contributed by atoms with Crippen molar-refractivity contribution in [3.05, 3.63) is 228 Å². The Kier molecular flexibility index (Phi) is 9.51. The van der Waals surface area contributed by atoms with Gasteiger partial charge in [-0.15, -0.1) is 0 Å². The van der Waals surface area contributed by atoms with Crippen LogP contribution in [-0.4, -0.2) is 22.5 Å². The fraction of sp³-hybridized carbons (Fsp3) is 0.0351. The number of benzene rings is 8.